The Hall–Kier alpha value is -4.28. The van der Waals surface area contributed by atoms with Gasteiger partial charge in [-0.15, -0.1) is 0 Å². The van der Waals surface area contributed by atoms with Crippen molar-refractivity contribution in [3.63, 3.8) is 0 Å². The summed E-state index contributed by atoms with van der Waals surface area (Å²) in [7, 11) is -5.38. The lowest BCUT2D eigenvalue weighted by Crippen LogP contribution is -2.59. The maximum absolute atomic E-state index is 14.6. The topological polar surface area (TPSA) is 126 Å². The number of carbonyl (C=O) groups is 1. The number of aromatic nitrogens is 3. The number of benzene rings is 2. The quantitative estimate of drug-likeness (QED) is 0.166. The Morgan fingerprint density at radius 3 is 2.19 bits per heavy atom. The number of anilines is 1. The fraction of sp³-hybridized carbons (Fsp3) is 0.355. The van der Waals surface area contributed by atoms with Crippen molar-refractivity contribution in [1.29, 1.82) is 0 Å². The van der Waals surface area contributed by atoms with Crippen LogP contribution in [0.3, 0.4) is 0 Å². The Kier molecular flexibility index (Phi) is 8.84. The maximum atomic E-state index is 14.6. The van der Waals surface area contributed by atoms with Crippen LogP contribution in [0.2, 0.25) is 0 Å². The number of sulfonamides is 1. The number of pyridine rings is 1. The molecule has 0 bridgehead atoms. The summed E-state index contributed by atoms with van der Waals surface area (Å²) in [5.41, 5.74) is 1.06. The molecule has 6 rings (SSSR count). The lowest BCUT2D eigenvalue weighted by molar-refractivity contribution is -0.125. The van der Waals surface area contributed by atoms with E-state index in [-0.39, 0.29) is 24.0 Å². The number of aliphatic hydroxyl groups excluding tert-OH is 1. The first-order valence-electron chi connectivity index (χ1n) is 14.8. The summed E-state index contributed by atoms with van der Waals surface area (Å²) in [5.74, 6) is -13.0. The molecule has 2 fully saturated rings. The van der Waals surface area contributed by atoms with E-state index in [0.29, 0.717) is 21.2 Å². The molecule has 2 aliphatic rings. The van der Waals surface area contributed by atoms with E-state index in [0.717, 1.165) is 36.1 Å². The first-order valence-corrected chi connectivity index (χ1v) is 16.3. The Balaban J connectivity index is 1.37. The van der Waals surface area contributed by atoms with Crippen molar-refractivity contribution in [2.75, 3.05) is 11.4 Å². The summed E-state index contributed by atoms with van der Waals surface area (Å²) in [5, 5.41) is 13.7. The largest absolute Gasteiger partial charge is 0.374 e. The van der Waals surface area contributed by atoms with Gasteiger partial charge in [0.05, 0.1) is 18.1 Å². The van der Waals surface area contributed by atoms with Crippen molar-refractivity contribution >= 4 is 32.4 Å². The van der Waals surface area contributed by atoms with Crippen LogP contribution in [-0.2, 0) is 28.1 Å². The van der Waals surface area contributed by atoms with Crippen molar-refractivity contribution in [2.45, 2.75) is 68.7 Å². The van der Waals surface area contributed by atoms with E-state index < -0.39 is 74.8 Å². The summed E-state index contributed by atoms with van der Waals surface area (Å²) in [6.07, 6.45) is 8.16. The molecule has 0 unspecified atom stereocenters. The van der Waals surface area contributed by atoms with Gasteiger partial charge >= 0.3 is 0 Å². The Bertz CT molecular complexity index is 2010. The minimum absolute atomic E-state index is 0.112. The van der Waals surface area contributed by atoms with E-state index in [1.807, 2.05) is 6.07 Å². The second-order valence-electron chi connectivity index (χ2n) is 11.5. The molecule has 10 nitrogen and oxygen atoms in total. The van der Waals surface area contributed by atoms with Crippen molar-refractivity contribution in [3.8, 4) is 0 Å². The minimum Gasteiger partial charge on any atom is -0.374 e. The molecule has 248 valence electrons. The minimum atomic E-state index is -5.38. The van der Waals surface area contributed by atoms with Gasteiger partial charge in [0, 0.05) is 35.4 Å². The molecule has 1 aliphatic heterocycles. The molecule has 1 saturated carbocycles. The molecular formula is C31H28F5N5O5S. The summed E-state index contributed by atoms with van der Waals surface area (Å²) < 4.78 is 98.6. The monoisotopic (exact) mass is 677 g/mol. The average Bonchev–Trinajstić information content (AvgIpc) is 3.05. The molecule has 1 aliphatic carbocycles. The van der Waals surface area contributed by atoms with Gasteiger partial charge in [-0.3, -0.25) is 14.6 Å². The zero-order chi connectivity index (χ0) is 33.6. The van der Waals surface area contributed by atoms with Crippen LogP contribution in [0.15, 0.2) is 52.4 Å². The molecule has 4 aromatic rings. The molecule has 1 atom stereocenters. The van der Waals surface area contributed by atoms with Gasteiger partial charge in [-0.1, -0.05) is 25.3 Å². The van der Waals surface area contributed by atoms with Gasteiger partial charge < -0.3 is 10.0 Å². The normalized spacial score (nSPS) is 17.5. The third-order valence-electron chi connectivity index (χ3n) is 8.75. The first-order chi connectivity index (χ1) is 22.4. The fourth-order valence-corrected chi connectivity index (χ4v) is 7.84. The highest BCUT2D eigenvalue weighted by atomic mass is 32.2. The third-order valence-corrected chi connectivity index (χ3v) is 10.7. The Morgan fingerprint density at radius 2 is 1.60 bits per heavy atom. The molecule has 1 N–H and O–H groups in total. The summed E-state index contributed by atoms with van der Waals surface area (Å²) >= 11 is 0. The predicted octanol–water partition coefficient (Wildman–Crippen LogP) is 4.48. The lowest BCUT2D eigenvalue weighted by Gasteiger charge is -2.41. The Labute approximate surface area is 265 Å². The summed E-state index contributed by atoms with van der Waals surface area (Å²) in [6.45, 7) is -1.23. The van der Waals surface area contributed by atoms with Crippen molar-refractivity contribution < 1.29 is 40.3 Å². The molecule has 0 radical (unpaired) electrons. The second-order valence-corrected chi connectivity index (χ2v) is 13.4. The number of rotatable bonds is 8. The van der Waals surface area contributed by atoms with E-state index in [1.165, 1.54) is 35.7 Å². The molecule has 2 aromatic carbocycles. The highest BCUT2D eigenvalue weighted by Crippen LogP contribution is 2.36. The van der Waals surface area contributed by atoms with E-state index in [2.05, 4.69) is 10.1 Å². The van der Waals surface area contributed by atoms with E-state index in [9.17, 15) is 45.1 Å². The number of hydrogen-bond donors (Lipinski definition) is 1. The summed E-state index contributed by atoms with van der Waals surface area (Å²) in [6, 6.07) is 6.36. The van der Waals surface area contributed by atoms with Crippen LogP contribution >= 0.6 is 0 Å². The molecule has 1 amide bonds. The van der Waals surface area contributed by atoms with E-state index >= 15 is 0 Å². The van der Waals surface area contributed by atoms with Gasteiger partial charge in [0.15, 0.2) is 28.2 Å². The molecule has 3 heterocycles. The van der Waals surface area contributed by atoms with Gasteiger partial charge in [-0.25, -0.2) is 35.1 Å². The van der Waals surface area contributed by atoms with Crippen molar-refractivity contribution in [2.24, 2.45) is 0 Å². The Morgan fingerprint density at radius 1 is 0.915 bits per heavy atom. The van der Waals surface area contributed by atoms with Crippen LogP contribution in [0.25, 0.3) is 10.8 Å². The smallest absolute Gasteiger partial charge is 0.276 e. The van der Waals surface area contributed by atoms with Crippen molar-refractivity contribution in [1.82, 2.24) is 19.1 Å². The van der Waals surface area contributed by atoms with Gasteiger partial charge in [-0.05, 0) is 49.1 Å². The van der Waals surface area contributed by atoms with Crippen molar-refractivity contribution in [3.05, 3.63) is 93.4 Å². The van der Waals surface area contributed by atoms with E-state index in [1.54, 1.807) is 12.3 Å². The SMILES string of the molecule is O=C([C@H]1CCN1S(=O)(=O)c1c(F)c(F)c(F)c(F)c1F)N(Cc1ccc(C2CCCCC2)nc1)c1ccc2c(=O)n(CO)ncc2c1. The molecule has 0 spiro atoms. The van der Waals surface area contributed by atoms with E-state index in [4.69, 9.17) is 0 Å². The third kappa shape index (κ3) is 5.78. The number of nitrogens with zero attached hydrogens (tertiary/aromatic N) is 5. The number of halogens is 5. The number of hydrogen-bond acceptors (Lipinski definition) is 7. The van der Waals surface area contributed by atoms with Crippen LogP contribution in [-0.4, -0.2) is 51.1 Å². The van der Waals surface area contributed by atoms with Crippen LogP contribution in [0, 0.1) is 29.1 Å². The lowest BCUT2D eigenvalue weighted by atomic mass is 9.86. The highest BCUT2D eigenvalue weighted by Gasteiger charge is 2.48. The number of amides is 1. The van der Waals surface area contributed by atoms with Crippen LogP contribution in [0.4, 0.5) is 27.6 Å². The van der Waals surface area contributed by atoms with Gasteiger partial charge in [0.25, 0.3) is 5.56 Å². The maximum Gasteiger partial charge on any atom is 0.276 e. The average molecular weight is 678 g/mol. The molecule has 1 saturated heterocycles. The van der Waals surface area contributed by atoms with Gasteiger partial charge in [0.1, 0.15) is 12.8 Å². The molecule has 47 heavy (non-hydrogen) atoms. The van der Waals surface area contributed by atoms with Crippen LogP contribution in [0.1, 0.15) is 55.7 Å². The highest BCUT2D eigenvalue weighted by molar-refractivity contribution is 7.89. The standard InChI is InChI=1S/C31H28F5N5O5S/c32-24-25(33)27(35)29(28(36)26(24)34)47(45,46)41-11-10-23(41)31(44)39(15-17-6-9-22(37-13-17)18-4-2-1-3-5-18)20-7-8-21-19(12-20)14-38-40(16-42)30(21)43/h6-9,12-14,18,23,42H,1-5,10-11,15-16H2/t23-/m1/s1. The fourth-order valence-electron chi connectivity index (χ4n) is 6.10. The van der Waals surface area contributed by atoms with Crippen LogP contribution < -0.4 is 10.5 Å². The zero-order valence-corrected chi connectivity index (χ0v) is 25.5. The number of aliphatic hydroxyl groups is 1. The predicted molar refractivity (Wildman–Crippen MR) is 158 cm³/mol. The molecule has 2 aromatic heterocycles. The number of carbonyl (C=O) groups excluding carboxylic acids is 1. The number of fused-ring (bicyclic) bond motifs is 1. The van der Waals surface area contributed by atoms with Crippen LogP contribution in [0.5, 0.6) is 0 Å². The van der Waals surface area contributed by atoms with Gasteiger partial charge in [-0.2, -0.15) is 9.40 Å². The summed E-state index contributed by atoms with van der Waals surface area (Å²) in [4.78, 5) is 30.5. The molecular weight excluding hydrogens is 649 g/mol. The molecule has 16 heteroatoms. The first kappa shape index (κ1) is 32.7. The zero-order valence-electron chi connectivity index (χ0n) is 24.7. The van der Waals surface area contributed by atoms with Gasteiger partial charge in [0.2, 0.25) is 21.7 Å². The second kappa shape index (κ2) is 12.7.